The molecule has 0 saturated heterocycles. The summed E-state index contributed by atoms with van der Waals surface area (Å²) in [6.07, 6.45) is -0.0744. The molecular formula is C13H13NO4S. The van der Waals surface area contributed by atoms with Crippen LogP contribution in [0.4, 0.5) is 0 Å². The zero-order valence-corrected chi connectivity index (χ0v) is 11.4. The van der Waals surface area contributed by atoms with Crippen LogP contribution in [0.2, 0.25) is 0 Å². The first-order valence-corrected chi connectivity index (χ1v) is 6.40. The third kappa shape index (κ3) is 3.03. The van der Waals surface area contributed by atoms with Crippen LogP contribution in [0.25, 0.3) is 10.6 Å². The molecule has 0 saturated carbocycles. The van der Waals surface area contributed by atoms with Gasteiger partial charge in [-0.15, -0.1) is 11.3 Å². The van der Waals surface area contributed by atoms with Crippen LogP contribution in [0, 0.1) is 0 Å². The summed E-state index contributed by atoms with van der Waals surface area (Å²) in [5, 5.41) is 11.2. The minimum atomic E-state index is -0.890. The molecule has 0 aliphatic carbocycles. The van der Waals surface area contributed by atoms with Crippen molar-refractivity contribution in [3.8, 4) is 22.1 Å². The number of aliphatic carboxylic acids is 1. The van der Waals surface area contributed by atoms with Gasteiger partial charge >= 0.3 is 5.97 Å². The van der Waals surface area contributed by atoms with Crippen molar-refractivity contribution in [1.82, 2.24) is 4.98 Å². The van der Waals surface area contributed by atoms with Gasteiger partial charge in [-0.25, -0.2) is 4.98 Å². The molecule has 0 aliphatic heterocycles. The van der Waals surface area contributed by atoms with E-state index in [1.807, 2.05) is 12.1 Å². The van der Waals surface area contributed by atoms with E-state index in [0.29, 0.717) is 17.2 Å². The Morgan fingerprint density at radius 3 is 2.79 bits per heavy atom. The van der Waals surface area contributed by atoms with Crippen LogP contribution in [-0.4, -0.2) is 30.3 Å². The molecule has 0 fully saturated rings. The second kappa shape index (κ2) is 5.71. The smallest absolute Gasteiger partial charge is 0.309 e. The van der Waals surface area contributed by atoms with Gasteiger partial charge in [0.25, 0.3) is 0 Å². The molecule has 1 heterocycles. The lowest BCUT2D eigenvalue weighted by atomic mass is 10.2. The lowest BCUT2D eigenvalue weighted by molar-refractivity contribution is -0.136. The highest BCUT2D eigenvalue weighted by atomic mass is 32.1. The zero-order valence-electron chi connectivity index (χ0n) is 10.5. The fraction of sp³-hybridized carbons (Fsp3) is 0.231. The molecule has 2 rings (SSSR count). The standard InChI is InChI=1S/C13H13NO4S/c1-17-9-3-4-10(11(6-9)18-2)13-14-8(7-19-13)5-12(15)16/h3-4,6-7H,5H2,1-2H3,(H,15,16). The molecular weight excluding hydrogens is 266 g/mol. The first-order valence-electron chi connectivity index (χ1n) is 5.52. The first kappa shape index (κ1) is 13.4. The number of ether oxygens (including phenoxy) is 2. The van der Waals surface area contributed by atoms with E-state index in [1.54, 1.807) is 25.7 Å². The Hall–Kier alpha value is -2.08. The van der Waals surface area contributed by atoms with Gasteiger partial charge in [-0.2, -0.15) is 0 Å². The summed E-state index contributed by atoms with van der Waals surface area (Å²) >= 11 is 1.39. The van der Waals surface area contributed by atoms with Crippen molar-refractivity contribution in [1.29, 1.82) is 0 Å². The summed E-state index contributed by atoms with van der Waals surface area (Å²) in [7, 11) is 3.16. The number of hydrogen-bond donors (Lipinski definition) is 1. The predicted molar refractivity (Wildman–Crippen MR) is 72.0 cm³/mol. The molecule has 2 aromatic rings. The van der Waals surface area contributed by atoms with E-state index < -0.39 is 5.97 Å². The molecule has 6 heteroatoms. The van der Waals surface area contributed by atoms with Gasteiger partial charge in [0.2, 0.25) is 0 Å². The number of nitrogens with zero attached hydrogens (tertiary/aromatic N) is 1. The first-order chi connectivity index (χ1) is 9.13. The average Bonchev–Trinajstić information content (AvgIpc) is 2.85. The van der Waals surface area contributed by atoms with E-state index in [-0.39, 0.29) is 6.42 Å². The largest absolute Gasteiger partial charge is 0.497 e. The van der Waals surface area contributed by atoms with E-state index in [9.17, 15) is 4.79 Å². The lowest BCUT2D eigenvalue weighted by Gasteiger charge is -2.08. The van der Waals surface area contributed by atoms with Crippen LogP contribution < -0.4 is 9.47 Å². The van der Waals surface area contributed by atoms with E-state index in [0.717, 1.165) is 10.6 Å². The van der Waals surface area contributed by atoms with E-state index >= 15 is 0 Å². The Morgan fingerprint density at radius 2 is 2.16 bits per heavy atom. The van der Waals surface area contributed by atoms with Crippen molar-refractivity contribution in [2.45, 2.75) is 6.42 Å². The highest BCUT2D eigenvalue weighted by Crippen LogP contribution is 2.34. The molecule has 0 unspecified atom stereocenters. The highest BCUT2D eigenvalue weighted by Gasteiger charge is 2.12. The van der Waals surface area contributed by atoms with Crippen LogP contribution in [0.15, 0.2) is 23.6 Å². The minimum Gasteiger partial charge on any atom is -0.497 e. The molecule has 0 spiro atoms. The second-order valence-corrected chi connectivity index (χ2v) is 4.64. The van der Waals surface area contributed by atoms with Crippen LogP contribution in [0.3, 0.4) is 0 Å². The van der Waals surface area contributed by atoms with Gasteiger partial charge in [-0.3, -0.25) is 4.79 Å². The SMILES string of the molecule is COc1ccc(-c2nc(CC(=O)O)cs2)c(OC)c1. The van der Waals surface area contributed by atoms with Crippen LogP contribution in [0.5, 0.6) is 11.5 Å². The number of benzene rings is 1. The van der Waals surface area contributed by atoms with E-state index in [1.165, 1.54) is 11.3 Å². The molecule has 5 nitrogen and oxygen atoms in total. The third-order valence-corrected chi connectivity index (χ3v) is 3.45. The maximum atomic E-state index is 10.6. The number of hydrogen-bond acceptors (Lipinski definition) is 5. The maximum Gasteiger partial charge on any atom is 0.309 e. The molecule has 0 radical (unpaired) electrons. The average molecular weight is 279 g/mol. The quantitative estimate of drug-likeness (QED) is 0.910. The van der Waals surface area contributed by atoms with Crippen molar-refractivity contribution in [2.75, 3.05) is 14.2 Å². The number of carboxylic acid groups (broad SMARTS) is 1. The molecule has 1 aromatic carbocycles. The van der Waals surface area contributed by atoms with Crippen molar-refractivity contribution in [3.63, 3.8) is 0 Å². The summed E-state index contributed by atoms with van der Waals surface area (Å²) in [6, 6.07) is 5.44. The fourth-order valence-electron chi connectivity index (χ4n) is 1.64. The number of rotatable bonds is 5. The molecule has 100 valence electrons. The summed E-state index contributed by atoms with van der Waals surface area (Å²) in [4.78, 5) is 14.9. The number of carboxylic acids is 1. The van der Waals surface area contributed by atoms with Gasteiger partial charge in [-0.1, -0.05) is 0 Å². The van der Waals surface area contributed by atoms with Crippen LogP contribution >= 0.6 is 11.3 Å². The predicted octanol–water partition coefficient (Wildman–Crippen LogP) is 2.45. The monoisotopic (exact) mass is 279 g/mol. The summed E-state index contributed by atoms with van der Waals surface area (Å²) < 4.78 is 10.4. The maximum absolute atomic E-state index is 10.6. The van der Waals surface area contributed by atoms with Crippen molar-refractivity contribution >= 4 is 17.3 Å². The van der Waals surface area contributed by atoms with Crippen molar-refractivity contribution in [2.24, 2.45) is 0 Å². The number of methoxy groups -OCH3 is 2. The van der Waals surface area contributed by atoms with E-state index in [2.05, 4.69) is 4.98 Å². The van der Waals surface area contributed by atoms with Gasteiger partial charge in [0.1, 0.15) is 16.5 Å². The molecule has 0 atom stereocenters. The number of aromatic nitrogens is 1. The molecule has 1 aromatic heterocycles. The molecule has 0 amide bonds. The summed E-state index contributed by atoms with van der Waals surface area (Å²) in [5.41, 5.74) is 1.37. The molecule has 0 aliphatic rings. The highest BCUT2D eigenvalue weighted by molar-refractivity contribution is 7.13. The normalized spacial score (nSPS) is 10.2. The summed E-state index contributed by atoms with van der Waals surface area (Å²) in [6.45, 7) is 0. The fourth-order valence-corrected chi connectivity index (χ4v) is 2.49. The number of thiazole rings is 1. The Balaban J connectivity index is 2.35. The Kier molecular flexibility index (Phi) is 4.01. The van der Waals surface area contributed by atoms with Crippen molar-refractivity contribution < 1.29 is 19.4 Å². The van der Waals surface area contributed by atoms with Gasteiger partial charge in [0, 0.05) is 11.4 Å². The third-order valence-electron chi connectivity index (χ3n) is 2.52. The topological polar surface area (TPSA) is 68.7 Å². The molecule has 1 N–H and O–H groups in total. The zero-order chi connectivity index (χ0) is 13.8. The van der Waals surface area contributed by atoms with Crippen LogP contribution in [-0.2, 0) is 11.2 Å². The molecule has 19 heavy (non-hydrogen) atoms. The second-order valence-electron chi connectivity index (χ2n) is 3.78. The minimum absolute atomic E-state index is 0.0744. The van der Waals surface area contributed by atoms with Crippen molar-refractivity contribution in [3.05, 3.63) is 29.3 Å². The van der Waals surface area contributed by atoms with E-state index in [4.69, 9.17) is 14.6 Å². The van der Waals surface area contributed by atoms with Gasteiger partial charge in [0.05, 0.1) is 31.9 Å². The molecule has 0 bridgehead atoms. The number of carbonyl (C=O) groups is 1. The lowest BCUT2D eigenvalue weighted by Crippen LogP contribution is -2.00. The Morgan fingerprint density at radius 1 is 1.37 bits per heavy atom. The Bertz CT molecular complexity index is 594. The Labute approximate surface area is 114 Å². The van der Waals surface area contributed by atoms with Gasteiger partial charge < -0.3 is 14.6 Å². The van der Waals surface area contributed by atoms with Gasteiger partial charge in [-0.05, 0) is 12.1 Å². The summed E-state index contributed by atoms with van der Waals surface area (Å²) in [5.74, 6) is 0.456. The van der Waals surface area contributed by atoms with Crippen LogP contribution in [0.1, 0.15) is 5.69 Å². The van der Waals surface area contributed by atoms with Gasteiger partial charge in [0.15, 0.2) is 0 Å².